The maximum absolute atomic E-state index is 5.24. The van der Waals surface area contributed by atoms with E-state index in [-0.39, 0.29) is 36.9 Å². The number of allylic oxidation sites excluding steroid dienone is 1. The number of fused-ring (bicyclic) bond motifs is 1. The third-order valence-corrected chi connectivity index (χ3v) is 1.60. The fourth-order valence-electron chi connectivity index (χ4n) is 1.08. The van der Waals surface area contributed by atoms with Gasteiger partial charge >= 0.3 is 0 Å². The number of rotatable bonds is 0. The second-order valence-corrected chi connectivity index (χ2v) is 2.30. The minimum atomic E-state index is 0. The molecule has 3 heteroatoms. The van der Waals surface area contributed by atoms with E-state index in [1.807, 2.05) is 24.3 Å². The fourth-order valence-corrected chi connectivity index (χ4v) is 1.08. The van der Waals surface area contributed by atoms with Gasteiger partial charge in [-0.25, -0.2) is 0 Å². The number of hydrogen-bond acceptors (Lipinski definition) is 1. The van der Waals surface area contributed by atoms with E-state index in [4.69, 9.17) is 4.74 Å². The molecule has 0 fully saturated rings. The Morgan fingerprint density at radius 1 is 1.17 bits per heavy atom. The molecule has 70 valence electrons. The second kappa shape index (κ2) is 5.54. The van der Waals surface area contributed by atoms with Crippen LogP contribution in [0.1, 0.15) is 5.56 Å². The molecule has 0 saturated carbocycles. The van der Waals surface area contributed by atoms with Crippen molar-refractivity contribution in [2.45, 2.75) is 6.42 Å². The van der Waals surface area contributed by atoms with Gasteiger partial charge in [-0.15, -0.1) is 0 Å². The largest absolute Gasteiger partial charge is 0.465 e. The normalized spacial score (nSPS) is 11.7. The first kappa shape index (κ1) is 11.9. The van der Waals surface area contributed by atoms with E-state index in [0.29, 0.717) is 0 Å². The third kappa shape index (κ3) is 2.46. The molecule has 12 heavy (non-hydrogen) atoms. The monoisotopic (exact) mass is 296 g/mol. The van der Waals surface area contributed by atoms with Crippen LogP contribution >= 0.6 is 0 Å². The van der Waals surface area contributed by atoms with E-state index in [2.05, 4.69) is 6.07 Å². The van der Waals surface area contributed by atoms with E-state index in [0.717, 1.165) is 12.2 Å². The summed E-state index contributed by atoms with van der Waals surface area (Å²) < 4.78 is 5.24. The van der Waals surface area contributed by atoms with Crippen molar-refractivity contribution in [1.82, 2.24) is 0 Å². The summed E-state index contributed by atoms with van der Waals surface area (Å²) in [6, 6.07) is 8.08. The standard InChI is InChI=1S/C9H8O.Ni.Pd/c1-2-6-9-8(4-1)5-3-7-10-9;;/h1-4,6-7H,5H2;;. The maximum Gasteiger partial charge on any atom is 0.130 e. The Kier molecular flexibility index (Phi) is 5.50. The molecule has 0 aliphatic carbocycles. The molecule has 1 aliphatic rings. The molecule has 0 bridgehead atoms. The summed E-state index contributed by atoms with van der Waals surface area (Å²) in [6.45, 7) is 0. The molecule has 1 heterocycles. The zero-order chi connectivity index (χ0) is 6.81. The molecule has 1 aromatic rings. The molecule has 0 N–H and O–H groups in total. The first-order valence-electron chi connectivity index (χ1n) is 3.36. The van der Waals surface area contributed by atoms with Gasteiger partial charge in [-0.05, 0) is 24.1 Å². The molecule has 0 unspecified atom stereocenters. The van der Waals surface area contributed by atoms with Crippen LogP contribution < -0.4 is 4.74 Å². The van der Waals surface area contributed by atoms with E-state index in [1.54, 1.807) is 6.26 Å². The SMILES string of the molecule is C1=COc2ccccc2C1.[Ni].[Pd]. The van der Waals surface area contributed by atoms with Crippen LogP contribution in [0.2, 0.25) is 0 Å². The number of para-hydroxylation sites is 1. The predicted octanol–water partition coefficient (Wildman–Crippen LogP) is 2.13. The van der Waals surface area contributed by atoms with Crippen LogP contribution in [0.5, 0.6) is 5.75 Å². The zero-order valence-electron chi connectivity index (χ0n) is 6.21. The van der Waals surface area contributed by atoms with Crippen molar-refractivity contribution < 1.29 is 41.7 Å². The second-order valence-electron chi connectivity index (χ2n) is 2.30. The van der Waals surface area contributed by atoms with Crippen molar-refractivity contribution in [2.24, 2.45) is 0 Å². The molecule has 1 aromatic carbocycles. The van der Waals surface area contributed by atoms with Crippen LogP contribution in [0, 0.1) is 0 Å². The molecule has 0 amide bonds. The Morgan fingerprint density at radius 2 is 1.92 bits per heavy atom. The van der Waals surface area contributed by atoms with Crippen molar-refractivity contribution in [1.29, 1.82) is 0 Å². The molecule has 0 aromatic heterocycles. The number of hydrogen-bond donors (Lipinski definition) is 0. The zero-order valence-corrected chi connectivity index (χ0v) is 8.75. The van der Waals surface area contributed by atoms with Crippen molar-refractivity contribution in [3.63, 3.8) is 0 Å². The average molecular weight is 297 g/mol. The third-order valence-electron chi connectivity index (χ3n) is 1.60. The summed E-state index contributed by atoms with van der Waals surface area (Å²) in [4.78, 5) is 0. The first-order chi connectivity index (χ1) is 4.97. The molecular weight excluding hydrogens is 289 g/mol. The van der Waals surface area contributed by atoms with Crippen LogP contribution in [-0.2, 0) is 43.3 Å². The predicted molar refractivity (Wildman–Crippen MR) is 39.9 cm³/mol. The van der Waals surface area contributed by atoms with Gasteiger partial charge in [0.25, 0.3) is 0 Å². The number of benzene rings is 1. The smallest absolute Gasteiger partial charge is 0.130 e. The molecule has 0 atom stereocenters. The summed E-state index contributed by atoms with van der Waals surface area (Å²) in [7, 11) is 0. The van der Waals surface area contributed by atoms with Crippen LogP contribution in [0.4, 0.5) is 0 Å². The van der Waals surface area contributed by atoms with Gasteiger partial charge in [-0.2, -0.15) is 0 Å². The molecule has 2 rings (SSSR count). The molecule has 1 nitrogen and oxygen atoms in total. The quantitative estimate of drug-likeness (QED) is 0.667. The maximum atomic E-state index is 5.24. The van der Waals surface area contributed by atoms with Crippen molar-refractivity contribution in [3.05, 3.63) is 42.2 Å². The van der Waals surface area contributed by atoms with Gasteiger partial charge in [-0.3, -0.25) is 0 Å². The minimum Gasteiger partial charge on any atom is -0.465 e. The van der Waals surface area contributed by atoms with Gasteiger partial charge in [-0.1, -0.05) is 18.2 Å². The number of ether oxygens (including phenoxy) is 1. The topological polar surface area (TPSA) is 9.23 Å². The Bertz CT molecular complexity index is 246. The van der Waals surface area contributed by atoms with Crippen LogP contribution in [0.3, 0.4) is 0 Å². The summed E-state index contributed by atoms with van der Waals surface area (Å²) >= 11 is 0. The minimum absolute atomic E-state index is 0. The summed E-state index contributed by atoms with van der Waals surface area (Å²) in [5.41, 5.74) is 1.27. The van der Waals surface area contributed by atoms with Crippen molar-refractivity contribution in [2.75, 3.05) is 0 Å². The van der Waals surface area contributed by atoms with Crippen LogP contribution in [0.15, 0.2) is 36.6 Å². The van der Waals surface area contributed by atoms with E-state index < -0.39 is 0 Å². The molecule has 0 spiro atoms. The first-order valence-corrected chi connectivity index (χ1v) is 3.36. The Morgan fingerprint density at radius 3 is 2.67 bits per heavy atom. The van der Waals surface area contributed by atoms with E-state index >= 15 is 0 Å². The van der Waals surface area contributed by atoms with E-state index in [1.165, 1.54) is 5.56 Å². The van der Waals surface area contributed by atoms with Crippen molar-refractivity contribution in [3.8, 4) is 5.75 Å². The van der Waals surface area contributed by atoms with Crippen LogP contribution in [-0.4, -0.2) is 0 Å². The Balaban J connectivity index is 0.000000605. The summed E-state index contributed by atoms with van der Waals surface area (Å²) in [5.74, 6) is 0.991. The average Bonchev–Trinajstić information content (AvgIpc) is 2.05. The van der Waals surface area contributed by atoms with Gasteiger partial charge in [0.05, 0.1) is 6.26 Å². The van der Waals surface area contributed by atoms with Gasteiger partial charge in [0.1, 0.15) is 5.75 Å². The van der Waals surface area contributed by atoms with Crippen molar-refractivity contribution >= 4 is 0 Å². The summed E-state index contributed by atoms with van der Waals surface area (Å²) in [6.07, 6.45) is 4.75. The van der Waals surface area contributed by atoms with Gasteiger partial charge in [0, 0.05) is 36.9 Å². The van der Waals surface area contributed by atoms with Gasteiger partial charge < -0.3 is 4.74 Å². The molecular formula is C9H8NiOPd. The molecule has 0 radical (unpaired) electrons. The van der Waals surface area contributed by atoms with Gasteiger partial charge in [0.2, 0.25) is 0 Å². The molecule has 1 aliphatic heterocycles. The van der Waals surface area contributed by atoms with E-state index in [9.17, 15) is 0 Å². The fraction of sp³-hybridized carbons (Fsp3) is 0.111. The summed E-state index contributed by atoms with van der Waals surface area (Å²) in [5, 5.41) is 0. The Hall–Kier alpha value is -0.0842. The molecule has 0 saturated heterocycles. The Labute approximate surface area is 95.8 Å². The van der Waals surface area contributed by atoms with Gasteiger partial charge in [0.15, 0.2) is 0 Å². The van der Waals surface area contributed by atoms with Crippen LogP contribution in [0.25, 0.3) is 0 Å².